The topological polar surface area (TPSA) is 95.9 Å². The maximum absolute atomic E-state index is 12.7. The molecule has 2 heterocycles. The molecule has 0 radical (unpaired) electrons. The lowest BCUT2D eigenvalue weighted by molar-refractivity contribution is 0.00164. The molecule has 7 nitrogen and oxygen atoms in total. The Morgan fingerprint density at radius 1 is 1.34 bits per heavy atom. The van der Waals surface area contributed by atoms with Crippen molar-refractivity contribution in [3.05, 3.63) is 51.7 Å². The van der Waals surface area contributed by atoms with Crippen molar-refractivity contribution in [2.75, 3.05) is 5.32 Å². The van der Waals surface area contributed by atoms with Crippen molar-refractivity contribution in [1.82, 2.24) is 14.1 Å². The highest BCUT2D eigenvalue weighted by molar-refractivity contribution is 6.31. The smallest absolute Gasteiger partial charge is 0.328 e. The van der Waals surface area contributed by atoms with Crippen LogP contribution in [0.4, 0.5) is 11.4 Å². The standard InChI is InChI=1S/C21H24ClN5O2/c1-13(2)21(3,29)8-10-27-18-11-14(5-6-17(18)26(4)20(27)28)25-16-7-9-24-19(22)15(16)12-23/h5-7,9,11,13,29H,8,10H2,1-4H3,(H,24,25). The van der Waals surface area contributed by atoms with Gasteiger partial charge in [0.05, 0.1) is 22.3 Å². The Morgan fingerprint density at radius 3 is 2.72 bits per heavy atom. The van der Waals surface area contributed by atoms with Crippen LogP contribution in [0, 0.1) is 17.2 Å². The fourth-order valence-corrected chi connectivity index (χ4v) is 3.33. The lowest BCUT2D eigenvalue weighted by atomic mass is 9.89. The molecule has 3 rings (SSSR count). The molecule has 0 aliphatic carbocycles. The van der Waals surface area contributed by atoms with E-state index in [0.717, 1.165) is 11.0 Å². The fourth-order valence-electron chi connectivity index (χ4n) is 3.13. The summed E-state index contributed by atoms with van der Waals surface area (Å²) in [5.41, 5.74) is 2.05. The maximum Gasteiger partial charge on any atom is 0.328 e. The van der Waals surface area contributed by atoms with Crippen LogP contribution in [-0.4, -0.2) is 24.8 Å². The average Bonchev–Trinajstić information content (AvgIpc) is 2.90. The number of hydrogen-bond donors (Lipinski definition) is 2. The van der Waals surface area contributed by atoms with Gasteiger partial charge in [0, 0.05) is 25.5 Å². The van der Waals surface area contributed by atoms with E-state index in [4.69, 9.17) is 11.6 Å². The number of fused-ring (bicyclic) bond motifs is 1. The first-order valence-electron chi connectivity index (χ1n) is 9.39. The van der Waals surface area contributed by atoms with Crippen LogP contribution in [0.5, 0.6) is 0 Å². The molecular weight excluding hydrogens is 390 g/mol. The highest BCUT2D eigenvalue weighted by Gasteiger charge is 2.25. The van der Waals surface area contributed by atoms with Gasteiger partial charge in [0.25, 0.3) is 0 Å². The largest absolute Gasteiger partial charge is 0.390 e. The van der Waals surface area contributed by atoms with E-state index >= 15 is 0 Å². The van der Waals surface area contributed by atoms with Gasteiger partial charge in [0.2, 0.25) is 0 Å². The Labute approximate surface area is 174 Å². The Hall–Kier alpha value is -2.82. The van der Waals surface area contributed by atoms with Crippen LogP contribution in [0.25, 0.3) is 11.0 Å². The van der Waals surface area contributed by atoms with Gasteiger partial charge in [-0.1, -0.05) is 25.4 Å². The van der Waals surface area contributed by atoms with Gasteiger partial charge < -0.3 is 10.4 Å². The second-order valence-corrected chi connectivity index (χ2v) is 8.08. The van der Waals surface area contributed by atoms with Crippen molar-refractivity contribution in [3.63, 3.8) is 0 Å². The number of rotatable bonds is 6. The van der Waals surface area contributed by atoms with E-state index in [1.165, 1.54) is 6.20 Å². The summed E-state index contributed by atoms with van der Waals surface area (Å²) in [6, 6.07) is 9.27. The molecule has 3 aromatic rings. The van der Waals surface area contributed by atoms with E-state index in [-0.39, 0.29) is 22.3 Å². The molecule has 8 heteroatoms. The molecule has 0 bridgehead atoms. The molecular formula is C21H24ClN5O2. The summed E-state index contributed by atoms with van der Waals surface area (Å²) in [6.45, 7) is 6.10. The Bertz CT molecular complexity index is 1150. The number of benzene rings is 1. The van der Waals surface area contributed by atoms with E-state index < -0.39 is 5.60 Å². The van der Waals surface area contributed by atoms with Crippen LogP contribution in [-0.2, 0) is 13.6 Å². The number of imidazole rings is 1. The van der Waals surface area contributed by atoms with Crippen molar-refractivity contribution >= 4 is 34.0 Å². The first-order chi connectivity index (χ1) is 13.7. The zero-order valence-electron chi connectivity index (χ0n) is 16.9. The zero-order valence-corrected chi connectivity index (χ0v) is 17.7. The molecule has 1 aromatic carbocycles. The first-order valence-corrected chi connectivity index (χ1v) is 9.76. The highest BCUT2D eigenvalue weighted by atomic mass is 35.5. The molecule has 1 unspecified atom stereocenters. The van der Waals surface area contributed by atoms with Gasteiger partial charge in [-0.25, -0.2) is 9.78 Å². The summed E-state index contributed by atoms with van der Waals surface area (Å²) < 4.78 is 3.26. The zero-order chi connectivity index (χ0) is 21.3. The molecule has 0 aliphatic heterocycles. The van der Waals surface area contributed by atoms with Crippen molar-refractivity contribution in [2.45, 2.75) is 39.3 Å². The van der Waals surface area contributed by atoms with Crippen molar-refractivity contribution < 1.29 is 5.11 Å². The molecule has 0 saturated heterocycles. The summed E-state index contributed by atoms with van der Waals surface area (Å²) >= 11 is 6.00. The van der Waals surface area contributed by atoms with Gasteiger partial charge in [0.15, 0.2) is 0 Å². The third-order valence-electron chi connectivity index (χ3n) is 5.53. The van der Waals surface area contributed by atoms with Crippen LogP contribution in [0.3, 0.4) is 0 Å². The molecule has 29 heavy (non-hydrogen) atoms. The summed E-state index contributed by atoms with van der Waals surface area (Å²) in [5.74, 6) is 0.0752. The SMILES string of the molecule is CC(C)C(C)(O)CCn1c(=O)n(C)c2ccc(Nc3ccnc(Cl)c3C#N)cc21. The number of aliphatic hydroxyl groups is 1. The van der Waals surface area contributed by atoms with Crippen LogP contribution < -0.4 is 11.0 Å². The maximum atomic E-state index is 12.7. The fraction of sp³-hybridized carbons (Fsp3) is 0.381. The van der Waals surface area contributed by atoms with Crippen LogP contribution >= 0.6 is 11.6 Å². The van der Waals surface area contributed by atoms with Gasteiger partial charge in [-0.2, -0.15) is 5.26 Å². The number of nitriles is 1. The van der Waals surface area contributed by atoms with E-state index in [1.807, 2.05) is 38.1 Å². The number of halogens is 1. The summed E-state index contributed by atoms with van der Waals surface area (Å²) in [6.07, 6.45) is 1.98. The van der Waals surface area contributed by atoms with E-state index in [2.05, 4.69) is 10.3 Å². The normalized spacial score (nSPS) is 13.4. The predicted octanol–water partition coefficient (Wildman–Crippen LogP) is 3.80. The molecule has 0 saturated carbocycles. The summed E-state index contributed by atoms with van der Waals surface area (Å²) in [4.78, 5) is 16.7. The second-order valence-electron chi connectivity index (χ2n) is 7.72. The third-order valence-corrected chi connectivity index (χ3v) is 5.81. The number of aryl methyl sites for hydroxylation is 2. The molecule has 152 valence electrons. The van der Waals surface area contributed by atoms with E-state index in [9.17, 15) is 15.2 Å². The monoisotopic (exact) mass is 413 g/mol. The Kier molecular flexibility index (Phi) is 5.69. The minimum absolute atomic E-state index is 0.0752. The van der Waals surface area contributed by atoms with Gasteiger partial charge in [-0.05, 0) is 43.5 Å². The van der Waals surface area contributed by atoms with Crippen molar-refractivity contribution in [1.29, 1.82) is 5.26 Å². The van der Waals surface area contributed by atoms with Crippen LogP contribution in [0.15, 0.2) is 35.3 Å². The number of nitrogens with one attached hydrogen (secondary N) is 1. The van der Waals surface area contributed by atoms with Gasteiger partial charge in [0.1, 0.15) is 16.8 Å². The number of pyridine rings is 1. The van der Waals surface area contributed by atoms with Gasteiger partial charge >= 0.3 is 5.69 Å². The van der Waals surface area contributed by atoms with Crippen molar-refractivity contribution in [2.24, 2.45) is 13.0 Å². The summed E-state index contributed by atoms with van der Waals surface area (Å²) in [5, 5.41) is 23.2. The van der Waals surface area contributed by atoms with Crippen LogP contribution in [0.1, 0.15) is 32.8 Å². The van der Waals surface area contributed by atoms with Gasteiger partial charge in [-0.3, -0.25) is 9.13 Å². The second kappa shape index (κ2) is 7.90. The molecule has 0 amide bonds. The number of anilines is 2. The Balaban J connectivity index is 2.00. The lowest BCUT2D eigenvalue weighted by Crippen LogP contribution is -2.34. The highest BCUT2D eigenvalue weighted by Crippen LogP contribution is 2.27. The van der Waals surface area contributed by atoms with Crippen LogP contribution in [0.2, 0.25) is 5.15 Å². The molecule has 0 fully saturated rings. The van der Waals surface area contributed by atoms with Gasteiger partial charge in [-0.15, -0.1) is 0 Å². The number of nitrogens with zero attached hydrogens (tertiary/aromatic N) is 4. The molecule has 2 N–H and O–H groups in total. The quantitative estimate of drug-likeness (QED) is 0.599. The van der Waals surface area contributed by atoms with Crippen molar-refractivity contribution in [3.8, 4) is 6.07 Å². The molecule has 0 spiro atoms. The van der Waals surface area contributed by atoms with E-state index in [1.54, 1.807) is 29.2 Å². The number of aromatic nitrogens is 3. The minimum atomic E-state index is -0.868. The molecule has 1 atom stereocenters. The first kappa shape index (κ1) is 20.9. The number of hydrogen-bond acceptors (Lipinski definition) is 5. The minimum Gasteiger partial charge on any atom is -0.390 e. The van der Waals surface area contributed by atoms with E-state index in [0.29, 0.717) is 24.3 Å². The molecule has 2 aromatic heterocycles. The predicted molar refractivity (Wildman–Crippen MR) is 115 cm³/mol. The third kappa shape index (κ3) is 4.00. The Morgan fingerprint density at radius 2 is 2.07 bits per heavy atom. The average molecular weight is 414 g/mol. The summed E-state index contributed by atoms with van der Waals surface area (Å²) in [7, 11) is 1.73. The lowest BCUT2D eigenvalue weighted by Gasteiger charge is -2.27. The molecule has 0 aliphatic rings.